The number of amides is 1. The van der Waals surface area contributed by atoms with Crippen molar-refractivity contribution in [2.75, 3.05) is 13.7 Å². The summed E-state index contributed by atoms with van der Waals surface area (Å²) in [6, 6.07) is 16.3. The molecule has 0 bridgehead atoms. The van der Waals surface area contributed by atoms with Gasteiger partial charge in [-0.15, -0.1) is 0 Å². The molecule has 1 aliphatic rings. The zero-order chi connectivity index (χ0) is 27.8. The van der Waals surface area contributed by atoms with Crippen molar-refractivity contribution < 1.29 is 23.8 Å². The molecule has 0 spiro atoms. The Morgan fingerprint density at radius 1 is 1.05 bits per heavy atom. The van der Waals surface area contributed by atoms with Gasteiger partial charge in [-0.3, -0.25) is 9.59 Å². The van der Waals surface area contributed by atoms with Crippen LogP contribution in [0.2, 0.25) is 5.02 Å². The van der Waals surface area contributed by atoms with Crippen molar-refractivity contribution in [1.82, 2.24) is 4.90 Å². The van der Waals surface area contributed by atoms with Crippen LogP contribution < -0.4 is 4.74 Å². The van der Waals surface area contributed by atoms with Crippen LogP contribution in [0, 0.1) is 12.7 Å². The summed E-state index contributed by atoms with van der Waals surface area (Å²) in [7, 11) is 1.43. The zero-order valence-electron chi connectivity index (χ0n) is 22.1. The summed E-state index contributed by atoms with van der Waals surface area (Å²) >= 11 is 6.37. The number of aliphatic hydroxyl groups excluding tert-OH is 1. The number of rotatable bonds is 6. The minimum atomic E-state index is -0.825. The van der Waals surface area contributed by atoms with Gasteiger partial charge in [0.1, 0.15) is 17.3 Å². The second-order valence-electron chi connectivity index (χ2n) is 10.6. The SMILES string of the molecule is COc1c(Cl)cc(C)cc1/C(O)=C1\C(=O)C(=O)N(CCc2ccc(F)cc2)C1c1ccc(C(C)(C)C)cc1. The van der Waals surface area contributed by atoms with E-state index in [9.17, 15) is 19.1 Å². The Morgan fingerprint density at radius 2 is 1.68 bits per heavy atom. The van der Waals surface area contributed by atoms with Crippen LogP contribution >= 0.6 is 11.6 Å². The maximum absolute atomic E-state index is 13.4. The first-order valence-corrected chi connectivity index (χ1v) is 12.8. The van der Waals surface area contributed by atoms with Crippen molar-refractivity contribution in [3.8, 4) is 5.75 Å². The number of Topliss-reactive ketones (excluding diaryl/α,β-unsaturated/α-hetero) is 1. The van der Waals surface area contributed by atoms with Crippen LogP contribution in [0.4, 0.5) is 4.39 Å². The second-order valence-corrected chi connectivity index (χ2v) is 11.0. The van der Waals surface area contributed by atoms with Crippen LogP contribution in [0.25, 0.3) is 5.76 Å². The van der Waals surface area contributed by atoms with Crippen molar-refractivity contribution in [2.24, 2.45) is 0 Å². The minimum absolute atomic E-state index is 0.0300. The summed E-state index contributed by atoms with van der Waals surface area (Å²) in [5.74, 6) is -1.98. The smallest absolute Gasteiger partial charge is 0.295 e. The molecule has 0 saturated carbocycles. The summed E-state index contributed by atoms with van der Waals surface area (Å²) in [4.78, 5) is 28.2. The third-order valence-electron chi connectivity index (χ3n) is 6.83. The molecule has 7 heteroatoms. The average molecular weight is 536 g/mol. The summed E-state index contributed by atoms with van der Waals surface area (Å²) in [6.07, 6.45) is 0.406. The predicted molar refractivity (Wildman–Crippen MR) is 147 cm³/mol. The zero-order valence-corrected chi connectivity index (χ0v) is 22.9. The number of carbonyl (C=O) groups is 2. The molecule has 4 rings (SSSR count). The standard InChI is InChI=1S/C31H31ClFNO4/c1-18-16-23(29(38-5)24(32)17-18)27(35)25-26(20-8-10-21(11-9-20)31(2,3)4)34(30(37)28(25)36)15-14-19-6-12-22(33)13-7-19/h6-13,16-17,26,35H,14-15H2,1-5H3/b27-25+. The molecule has 1 heterocycles. The quantitative estimate of drug-likeness (QED) is 0.215. The van der Waals surface area contributed by atoms with Crippen molar-refractivity contribution in [1.29, 1.82) is 0 Å². The number of aliphatic hydroxyl groups is 1. The van der Waals surface area contributed by atoms with Gasteiger partial charge in [-0.05, 0) is 65.3 Å². The van der Waals surface area contributed by atoms with Gasteiger partial charge in [0, 0.05) is 6.54 Å². The molecular weight excluding hydrogens is 505 g/mol. The number of benzene rings is 3. The second kappa shape index (κ2) is 10.6. The summed E-state index contributed by atoms with van der Waals surface area (Å²) in [6.45, 7) is 8.32. The summed E-state index contributed by atoms with van der Waals surface area (Å²) in [5, 5.41) is 11.8. The first-order chi connectivity index (χ1) is 17.9. The van der Waals surface area contributed by atoms with E-state index in [1.165, 1.54) is 24.1 Å². The van der Waals surface area contributed by atoms with Gasteiger partial charge in [0.05, 0.1) is 29.3 Å². The molecule has 1 aliphatic heterocycles. The first kappa shape index (κ1) is 27.4. The molecule has 1 N–H and O–H groups in total. The molecular formula is C31H31ClFNO4. The lowest BCUT2D eigenvalue weighted by atomic mass is 9.85. The number of methoxy groups -OCH3 is 1. The molecule has 5 nitrogen and oxygen atoms in total. The Bertz CT molecular complexity index is 1410. The fourth-order valence-electron chi connectivity index (χ4n) is 4.78. The molecule has 0 aliphatic carbocycles. The lowest BCUT2D eigenvalue weighted by Crippen LogP contribution is -2.31. The maximum Gasteiger partial charge on any atom is 0.295 e. The average Bonchev–Trinajstić information content (AvgIpc) is 3.12. The van der Waals surface area contributed by atoms with Gasteiger partial charge >= 0.3 is 0 Å². The maximum atomic E-state index is 13.4. The number of ether oxygens (including phenoxy) is 1. The normalized spacial score (nSPS) is 17.2. The number of aryl methyl sites for hydroxylation is 1. The molecule has 198 valence electrons. The third kappa shape index (κ3) is 5.32. The molecule has 38 heavy (non-hydrogen) atoms. The molecule has 1 fully saturated rings. The molecule has 0 aromatic heterocycles. The number of nitrogens with zero attached hydrogens (tertiary/aromatic N) is 1. The first-order valence-electron chi connectivity index (χ1n) is 12.4. The highest BCUT2D eigenvalue weighted by atomic mass is 35.5. The lowest BCUT2D eigenvalue weighted by Gasteiger charge is -2.27. The fraction of sp³-hybridized carbons (Fsp3) is 0.290. The van der Waals surface area contributed by atoms with Crippen LogP contribution in [-0.4, -0.2) is 35.4 Å². The van der Waals surface area contributed by atoms with E-state index in [4.69, 9.17) is 16.3 Å². The van der Waals surface area contributed by atoms with Crippen LogP contribution in [0.5, 0.6) is 5.75 Å². The van der Waals surface area contributed by atoms with Gasteiger partial charge in [-0.1, -0.05) is 68.8 Å². The Kier molecular flexibility index (Phi) is 7.65. The van der Waals surface area contributed by atoms with Gasteiger partial charge in [0.15, 0.2) is 0 Å². The topological polar surface area (TPSA) is 66.8 Å². The van der Waals surface area contributed by atoms with Crippen molar-refractivity contribution in [3.63, 3.8) is 0 Å². The number of hydrogen-bond acceptors (Lipinski definition) is 4. The van der Waals surface area contributed by atoms with Gasteiger partial charge in [0.25, 0.3) is 11.7 Å². The summed E-state index contributed by atoms with van der Waals surface area (Å²) in [5.41, 5.74) is 3.49. The van der Waals surface area contributed by atoms with E-state index in [0.717, 1.165) is 16.7 Å². The van der Waals surface area contributed by atoms with E-state index >= 15 is 0 Å². The largest absolute Gasteiger partial charge is 0.507 e. The predicted octanol–water partition coefficient (Wildman–Crippen LogP) is 6.76. The van der Waals surface area contributed by atoms with Crippen molar-refractivity contribution in [3.05, 3.63) is 105 Å². The van der Waals surface area contributed by atoms with Crippen LogP contribution in [0.1, 0.15) is 54.6 Å². The molecule has 1 atom stereocenters. The van der Waals surface area contributed by atoms with E-state index in [1.54, 1.807) is 24.3 Å². The van der Waals surface area contributed by atoms with E-state index in [-0.39, 0.29) is 45.4 Å². The van der Waals surface area contributed by atoms with E-state index in [0.29, 0.717) is 12.0 Å². The fourth-order valence-corrected chi connectivity index (χ4v) is 5.13. The van der Waals surface area contributed by atoms with Gasteiger partial charge in [-0.25, -0.2) is 4.39 Å². The van der Waals surface area contributed by atoms with Crippen molar-refractivity contribution in [2.45, 2.75) is 45.6 Å². The number of ketones is 1. The highest BCUT2D eigenvalue weighted by molar-refractivity contribution is 6.46. The van der Waals surface area contributed by atoms with E-state index < -0.39 is 17.7 Å². The third-order valence-corrected chi connectivity index (χ3v) is 7.11. The van der Waals surface area contributed by atoms with Gasteiger partial charge < -0.3 is 14.7 Å². The Morgan fingerprint density at radius 3 is 2.26 bits per heavy atom. The molecule has 1 saturated heterocycles. The van der Waals surface area contributed by atoms with Crippen LogP contribution in [-0.2, 0) is 21.4 Å². The van der Waals surface area contributed by atoms with Gasteiger partial charge in [-0.2, -0.15) is 0 Å². The number of likely N-dealkylation sites (tertiary alicyclic amines) is 1. The number of hydrogen-bond donors (Lipinski definition) is 1. The molecule has 1 unspecified atom stereocenters. The van der Waals surface area contributed by atoms with Gasteiger partial charge in [0.2, 0.25) is 0 Å². The van der Waals surface area contributed by atoms with Crippen LogP contribution in [0.15, 0.2) is 66.2 Å². The van der Waals surface area contributed by atoms with Crippen molar-refractivity contribution >= 4 is 29.1 Å². The molecule has 1 amide bonds. The number of carbonyl (C=O) groups excluding carboxylic acids is 2. The Labute approximate surface area is 227 Å². The summed E-state index contributed by atoms with van der Waals surface area (Å²) < 4.78 is 18.8. The van der Waals surface area contributed by atoms with E-state index in [2.05, 4.69) is 20.8 Å². The minimum Gasteiger partial charge on any atom is -0.507 e. The lowest BCUT2D eigenvalue weighted by molar-refractivity contribution is -0.139. The molecule has 0 radical (unpaired) electrons. The molecule has 3 aromatic carbocycles. The Hall–Kier alpha value is -3.64. The Balaban J connectivity index is 1.85. The van der Waals surface area contributed by atoms with E-state index in [1.807, 2.05) is 31.2 Å². The highest BCUT2D eigenvalue weighted by Crippen LogP contribution is 2.43. The number of halogens is 2. The highest BCUT2D eigenvalue weighted by Gasteiger charge is 2.46. The monoisotopic (exact) mass is 535 g/mol. The molecule has 3 aromatic rings. The van der Waals surface area contributed by atoms with Crippen LogP contribution in [0.3, 0.4) is 0 Å².